The summed E-state index contributed by atoms with van der Waals surface area (Å²) in [5.74, 6) is 4.50. The Hall–Kier alpha value is -9.52. The van der Waals surface area contributed by atoms with Crippen molar-refractivity contribution in [2.75, 3.05) is 16.9 Å². The minimum atomic E-state index is -0.401. The van der Waals surface area contributed by atoms with Gasteiger partial charge in [0.1, 0.15) is 17.3 Å². The first-order valence-corrected chi connectivity index (χ1v) is 30.1. The molecule has 8 aromatic carbocycles. The van der Waals surface area contributed by atoms with Crippen LogP contribution in [0.15, 0.2) is 234 Å². The van der Waals surface area contributed by atoms with Crippen molar-refractivity contribution in [3.8, 4) is 11.5 Å². The van der Waals surface area contributed by atoms with Crippen LogP contribution in [0, 0.1) is 5.92 Å². The maximum atomic E-state index is 7.45. The first-order valence-electron chi connectivity index (χ1n) is 30.1. The maximum Gasteiger partial charge on any atom is 0.158 e. The Morgan fingerprint density at radius 2 is 1.37 bits per heavy atom. The Bertz CT molecular complexity index is 4570. The highest BCUT2D eigenvalue weighted by Crippen LogP contribution is 2.54. The third-order valence-corrected chi connectivity index (χ3v) is 18.3. The smallest absolute Gasteiger partial charge is 0.158 e. The number of anilines is 5. The lowest BCUT2D eigenvalue weighted by Crippen LogP contribution is -2.31. The molecule has 84 heavy (non-hydrogen) atoms. The van der Waals surface area contributed by atoms with Gasteiger partial charge in [-0.3, -0.25) is 0 Å². The van der Waals surface area contributed by atoms with E-state index in [1.54, 1.807) is 13.2 Å². The van der Waals surface area contributed by atoms with Crippen molar-refractivity contribution in [1.82, 2.24) is 0 Å². The topological polar surface area (TPSA) is 51.2 Å². The Morgan fingerprint density at radius 1 is 0.655 bits per heavy atom. The first-order chi connectivity index (χ1) is 41.5. The Balaban J connectivity index is 0.960. The monoisotopic (exact) mass is 1090 g/mol. The molecule has 2 bridgehead atoms. The van der Waals surface area contributed by atoms with Crippen LogP contribution in [-0.4, -0.2) is 13.2 Å². The van der Waals surface area contributed by atoms with Crippen LogP contribution in [0.25, 0.3) is 77.1 Å². The molecule has 10 aromatic rings. The molecule has 0 spiro atoms. The van der Waals surface area contributed by atoms with Crippen molar-refractivity contribution < 1.29 is 18.3 Å². The van der Waals surface area contributed by atoms with E-state index in [0.29, 0.717) is 24.0 Å². The van der Waals surface area contributed by atoms with Crippen molar-refractivity contribution in [2.24, 2.45) is 5.92 Å². The molecule has 15 rings (SSSR count). The second kappa shape index (κ2) is 21.3. The van der Waals surface area contributed by atoms with Crippen LogP contribution in [0.3, 0.4) is 0 Å². The largest absolute Gasteiger partial charge is 0.494 e. The highest BCUT2D eigenvalue weighted by atomic mass is 16.5. The molecule has 0 radical (unpaired) electrons. The van der Waals surface area contributed by atoms with E-state index in [1.807, 2.05) is 12.2 Å². The van der Waals surface area contributed by atoms with Gasteiger partial charge in [-0.1, -0.05) is 203 Å². The number of methoxy groups -OCH3 is 1. The van der Waals surface area contributed by atoms with E-state index in [0.717, 1.165) is 135 Å². The van der Waals surface area contributed by atoms with Crippen molar-refractivity contribution in [3.63, 3.8) is 0 Å². The average molecular weight is 1100 g/mol. The van der Waals surface area contributed by atoms with E-state index in [2.05, 4.69) is 224 Å². The number of para-hydroxylation sites is 4. The number of benzene rings is 8. The molecule has 0 saturated heterocycles. The van der Waals surface area contributed by atoms with Gasteiger partial charge in [0.15, 0.2) is 23.0 Å². The molecule has 1 aliphatic heterocycles. The summed E-state index contributed by atoms with van der Waals surface area (Å²) in [6, 6.07) is 46.8. The summed E-state index contributed by atoms with van der Waals surface area (Å²) in [5.41, 5.74) is 15.1. The Labute approximate surface area is 491 Å². The molecule has 1 atom stereocenters. The van der Waals surface area contributed by atoms with Crippen molar-refractivity contribution in [1.29, 1.82) is 0 Å². The van der Waals surface area contributed by atoms with Gasteiger partial charge in [0.25, 0.3) is 0 Å². The van der Waals surface area contributed by atoms with Crippen molar-refractivity contribution >= 4 is 105 Å². The summed E-state index contributed by atoms with van der Waals surface area (Å²) in [6.45, 7) is 10.6. The van der Waals surface area contributed by atoms with Gasteiger partial charge >= 0.3 is 0 Å². The third-order valence-electron chi connectivity index (χ3n) is 18.3. The van der Waals surface area contributed by atoms with Crippen LogP contribution < -0.4 is 19.3 Å². The lowest BCUT2D eigenvalue weighted by atomic mass is 9.90. The van der Waals surface area contributed by atoms with Crippen LogP contribution in [0.5, 0.6) is 11.5 Å². The zero-order valence-corrected chi connectivity index (χ0v) is 47.7. The number of rotatable bonds is 14. The highest BCUT2D eigenvalue weighted by Gasteiger charge is 2.35. The molecule has 6 nitrogen and oxygen atoms in total. The van der Waals surface area contributed by atoms with E-state index in [4.69, 9.17) is 18.3 Å². The van der Waals surface area contributed by atoms with Gasteiger partial charge in [-0.2, -0.15) is 0 Å². The summed E-state index contributed by atoms with van der Waals surface area (Å²) < 4.78 is 28.3. The Kier molecular flexibility index (Phi) is 13.1. The molecule has 2 aromatic heterocycles. The van der Waals surface area contributed by atoms with Gasteiger partial charge in [-0.15, -0.1) is 0 Å². The van der Waals surface area contributed by atoms with Gasteiger partial charge in [-0.25, -0.2) is 0 Å². The van der Waals surface area contributed by atoms with Crippen LogP contribution in [0.4, 0.5) is 28.4 Å². The number of hydrogen-bond acceptors (Lipinski definition) is 6. The van der Waals surface area contributed by atoms with Crippen LogP contribution in [0.1, 0.15) is 98.0 Å². The van der Waals surface area contributed by atoms with Gasteiger partial charge in [0.2, 0.25) is 0 Å². The average Bonchev–Trinajstić information content (AvgIpc) is 1.40. The van der Waals surface area contributed by atoms with Crippen molar-refractivity contribution in [2.45, 2.75) is 76.7 Å². The minimum absolute atomic E-state index is 0.401. The molecule has 1 unspecified atom stereocenters. The summed E-state index contributed by atoms with van der Waals surface area (Å²) in [4.78, 5) is 4.79. The Morgan fingerprint density at radius 3 is 2.14 bits per heavy atom. The van der Waals surface area contributed by atoms with Gasteiger partial charge in [0, 0.05) is 44.7 Å². The maximum absolute atomic E-state index is 7.45. The zero-order valence-electron chi connectivity index (χ0n) is 47.7. The molecule has 0 N–H and O–H groups in total. The van der Waals surface area contributed by atoms with E-state index >= 15 is 0 Å². The lowest BCUT2D eigenvalue weighted by Gasteiger charge is -2.35. The first kappa shape index (κ1) is 51.4. The van der Waals surface area contributed by atoms with Crippen LogP contribution in [0.2, 0.25) is 0 Å². The number of ether oxygens (including phenoxy) is 2. The fraction of sp³-hybridized carbons (Fsp3) is 0.179. The molecular weight excluding hydrogens is 1030 g/mol. The molecule has 4 aliphatic carbocycles. The number of hydrogen-bond donors (Lipinski definition) is 0. The summed E-state index contributed by atoms with van der Waals surface area (Å²) >= 11 is 0. The van der Waals surface area contributed by atoms with E-state index in [1.165, 1.54) is 60.6 Å². The lowest BCUT2D eigenvalue weighted by molar-refractivity contribution is 0.273. The number of allylic oxidation sites excluding steroid dienone is 15. The van der Waals surface area contributed by atoms with Crippen molar-refractivity contribution in [3.05, 3.63) is 259 Å². The SMILES string of the molecule is C=C/C=C\C(=C)c1cccc(N(c2ccc3ccc4c(N(C5=CC=CC6=CC5Oc5c6cccc5C5CCCC5)c5cccc6c7c(oc56)CC=CC=C7)ccc5ccc2c3c54)c2cccc3cc(/C(=C\C=C/C)C4CCCC4)oc23)c1OC. The summed E-state index contributed by atoms with van der Waals surface area (Å²) in [5, 5.41) is 8.92. The van der Waals surface area contributed by atoms with Gasteiger partial charge in [0.05, 0.1) is 41.2 Å². The zero-order chi connectivity index (χ0) is 56.4. The fourth-order valence-corrected chi connectivity index (χ4v) is 14.4. The molecule has 2 saturated carbocycles. The molecule has 2 fully saturated rings. The minimum Gasteiger partial charge on any atom is -0.494 e. The van der Waals surface area contributed by atoms with Crippen LogP contribution in [-0.2, 0) is 6.42 Å². The molecule has 412 valence electrons. The fourth-order valence-electron chi connectivity index (χ4n) is 14.4. The molecule has 5 aliphatic rings. The predicted octanol–water partition coefficient (Wildman–Crippen LogP) is 21.7. The van der Waals surface area contributed by atoms with Gasteiger partial charge in [-0.05, 0) is 137 Å². The summed E-state index contributed by atoms with van der Waals surface area (Å²) in [7, 11) is 1.75. The van der Waals surface area contributed by atoms with Crippen LogP contribution >= 0.6 is 0 Å². The predicted molar refractivity (Wildman–Crippen MR) is 352 cm³/mol. The van der Waals surface area contributed by atoms with E-state index in [9.17, 15) is 0 Å². The second-order valence-electron chi connectivity index (χ2n) is 23.1. The highest BCUT2D eigenvalue weighted by molar-refractivity contribution is 6.28. The second-order valence-corrected chi connectivity index (χ2v) is 23.1. The number of nitrogens with zero attached hydrogens (tertiary/aromatic N) is 2. The third kappa shape index (κ3) is 8.52. The molecule has 6 heteroatoms. The normalized spacial score (nSPS) is 17.2. The van der Waals surface area contributed by atoms with E-state index in [-0.39, 0.29) is 0 Å². The number of fused-ring (bicyclic) bond motifs is 7. The summed E-state index contributed by atoms with van der Waals surface area (Å²) in [6.07, 6.45) is 39.8. The van der Waals surface area contributed by atoms with Gasteiger partial charge < -0.3 is 28.1 Å². The molecular formula is C78H66N2O4. The van der Waals surface area contributed by atoms with E-state index < -0.39 is 6.10 Å². The number of furan rings is 2. The quantitative estimate of drug-likeness (QED) is 0.0799. The standard InChI is InChI=1S/C78H66N2O4/c1-5-7-21-49(3)56-30-19-36-68(77(56)81-4)80(67-35-17-27-55-48-71(83-75(55)67)57(28-8-6-2)50-22-12-13-23-50)65-46-42-53-39-43-62-64(45-41-52-40-44-63(65)74(53)73(52)62)79(69-37-20-33-61-60-29-10-9-11-38-70(60)82-78(61)69)66-34-16-26-54-47-72(66)84-76-58(31-18-32-59(54)76)51-24-14-15-25-51/h5-11,16-21,26-37,39-48,50-51,72H,1,3,12-15,22-25,38H2,2,4H3/b8-6-,21-7-,57-28-. The molecule has 3 heterocycles. The molecule has 0 amide bonds.